The lowest BCUT2D eigenvalue weighted by Gasteiger charge is -2.19. The Balaban J connectivity index is 1.88. The minimum absolute atomic E-state index is 0.00104. The first-order valence-corrected chi connectivity index (χ1v) is 11.9. The van der Waals surface area contributed by atoms with Gasteiger partial charge in [-0.1, -0.05) is 73.1 Å². The molecule has 0 aliphatic rings. The number of methoxy groups -OCH3 is 1. The molecular formula is C24H24BrNO4S. The van der Waals surface area contributed by atoms with Gasteiger partial charge in [-0.05, 0) is 41.3 Å². The lowest BCUT2D eigenvalue weighted by molar-refractivity contribution is 0.103. The minimum atomic E-state index is -3.92. The van der Waals surface area contributed by atoms with Crippen LogP contribution in [0, 0.1) is 0 Å². The molecule has 0 aromatic heterocycles. The lowest BCUT2D eigenvalue weighted by Crippen LogP contribution is -2.14. The van der Waals surface area contributed by atoms with Crippen LogP contribution >= 0.6 is 15.9 Å². The molecular weight excluding hydrogens is 478 g/mol. The third kappa shape index (κ3) is 5.35. The van der Waals surface area contributed by atoms with E-state index < -0.39 is 10.0 Å². The fraction of sp³-hybridized carbons (Fsp3) is 0.208. The van der Waals surface area contributed by atoms with Gasteiger partial charge < -0.3 is 4.74 Å². The second kappa shape index (κ2) is 8.85. The summed E-state index contributed by atoms with van der Waals surface area (Å²) in [5, 5.41) is 0. The fourth-order valence-electron chi connectivity index (χ4n) is 3.08. The van der Waals surface area contributed by atoms with Crippen LogP contribution < -0.4 is 9.46 Å². The lowest BCUT2D eigenvalue weighted by atomic mass is 9.86. The van der Waals surface area contributed by atoms with Crippen molar-refractivity contribution in [2.75, 3.05) is 11.8 Å². The van der Waals surface area contributed by atoms with Crippen LogP contribution in [0.5, 0.6) is 5.75 Å². The van der Waals surface area contributed by atoms with E-state index in [0.717, 1.165) is 5.56 Å². The van der Waals surface area contributed by atoms with Gasteiger partial charge in [0.05, 0.1) is 7.11 Å². The summed E-state index contributed by atoms with van der Waals surface area (Å²) >= 11 is 3.28. The first kappa shape index (κ1) is 23.0. The van der Waals surface area contributed by atoms with E-state index in [1.54, 1.807) is 42.5 Å². The van der Waals surface area contributed by atoms with Crippen LogP contribution in [0.4, 0.5) is 5.69 Å². The predicted molar refractivity (Wildman–Crippen MR) is 127 cm³/mol. The van der Waals surface area contributed by atoms with Crippen molar-refractivity contribution in [1.29, 1.82) is 0 Å². The van der Waals surface area contributed by atoms with Crippen molar-refractivity contribution in [3.8, 4) is 5.75 Å². The van der Waals surface area contributed by atoms with Gasteiger partial charge in [0.2, 0.25) is 0 Å². The number of sulfonamides is 1. The Morgan fingerprint density at radius 3 is 2.23 bits per heavy atom. The molecule has 3 rings (SSSR count). The highest BCUT2D eigenvalue weighted by molar-refractivity contribution is 9.10. The molecule has 0 aliphatic heterocycles. The Labute approximate surface area is 191 Å². The predicted octanol–water partition coefficient (Wildman–Crippen LogP) is 5.79. The van der Waals surface area contributed by atoms with Crippen molar-refractivity contribution >= 4 is 37.4 Å². The molecule has 0 saturated carbocycles. The van der Waals surface area contributed by atoms with Gasteiger partial charge in [0.1, 0.15) is 10.6 Å². The molecule has 0 heterocycles. The van der Waals surface area contributed by atoms with Gasteiger partial charge in [0.25, 0.3) is 10.0 Å². The minimum Gasteiger partial charge on any atom is -0.495 e. The number of carbonyl (C=O) groups is 1. The second-order valence-corrected chi connectivity index (χ2v) is 10.7. The maximum atomic E-state index is 12.9. The van der Waals surface area contributed by atoms with Crippen LogP contribution in [0.15, 0.2) is 76.1 Å². The Morgan fingerprint density at radius 1 is 0.935 bits per heavy atom. The third-order valence-electron chi connectivity index (χ3n) is 4.81. The first-order chi connectivity index (χ1) is 14.5. The maximum Gasteiger partial charge on any atom is 0.265 e. The Hall–Kier alpha value is -2.64. The molecule has 162 valence electrons. The number of anilines is 1. The highest BCUT2D eigenvalue weighted by atomic mass is 79.9. The number of hydrogen-bond acceptors (Lipinski definition) is 4. The molecule has 31 heavy (non-hydrogen) atoms. The van der Waals surface area contributed by atoms with E-state index in [2.05, 4.69) is 41.4 Å². The molecule has 5 nitrogen and oxygen atoms in total. The van der Waals surface area contributed by atoms with Crippen molar-refractivity contribution in [3.05, 3.63) is 87.9 Å². The number of ether oxygens (including phenoxy) is 1. The van der Waals surface area contributed by atoms with Gasteiger partial charge in [-0.25, -0.2) is 8.42 Å². The van der Waals surface area contributed by atoms with E-state index in [-0.39, 0.29) is 21.8 Å². The summed E-state index contributed by atoms with van der Waals surface area (Å²) in [6, 6.07) is 18.7. The summed E-state index contributed by atoms with van der Waals surface area (Å²) in [7, 11) is -2.51. The zero-order chi connectivity index (χ0) is 22.8. The van der Waals surface area contributed by atoms with Gasteiger partial charge in [-0.2, -0.15) is 0 Å². The molecule has 0 unspecified atom stereocenters. The molecule has 0 atom stereocenters. The molecule has 0 amide bonds. The first-order valence-electron chi connectivity index (χ1n) is 9.63. The molecule has 1 N–H and O–H groups in total. The molecule has 7 heteroatoms. The molecule has 0 spiro atoms. The number of ketones is 1. The number of carbonyl (C=O) groups excluding carboxylic acids is 1. The van der Waals surface area contributed by atoms with Gasteiger partial charge in [0, 0.05) is 21.3 Å². The van der Waals surface area contributed by atoms with Gasteiger partial charge in [0.15, 0.2) is 5.78 Å². The van der Waals surface area contributed by atoms with Crippen LogP contribution in [-0.2, 0) is 15.4 Å². The van der Waals surface area contributed by atoms with Crippen LogP contribution in [-0.4, -0.2) is 21.3 Å². The topological polar surface area (TPSA) is 72.5 Å². The molecule has 0 aliphatic carbocycles. The van der Waals surface area contributed by atoms with Crippen molar-refractivity contribution in [2.24, 2.45) is 0 Å². The van der Waals surface area contributed by atoms with Crippen molar-refractivity contribution in [1.82, 2.24) is 0 Å². The summed E-state index contributed by atoms with van der Waals surface area (Å²) in [6.45, 7) is 6.33. The van der Waals surface area contributed by atoms with Gasteiger partial charge in [-0.15, -0.1) is 0 Å². The smallest absolute Gasteiger partial charge is 0.265 e. The van der Waals surface area contributed by atoms with Crippen molar-refractivity contribution < 1.29 is 17.9 Å². The largest absolute Gasteiger partial charge is 0.495 e. The van der Waals surface area contributed by atoms with E-state index in [0.29, 0.717) is 21.3 Å². The summed E-state index contributed by atoms with van der Waals surface area (Å²) in [6.07, 6.45) is 0. The quantitative estimate of drug-likeness (QED) is 0.434. The van der Waals surface area contributed by atoms with E-state index >= 15 is 0 Å². The summed E-state index contributed by atoms with van der Waals surface area (Å²) < 4.78 is 34.2. The molecule has 3 aromatic rings. The highest BCUT2D eigenvalue weighted by Gasteiger charge is 2.21. The van der Waals surface area contributed by atoms with Crippen LogP contribution in [0.2, 0.25) is 0 Å². The van der Waals surface area contributed by atoms with E-state index in [9.17, 15) is 13.2 Å². The Kier molecular flexibility index (Phi) is 6.57. The molecule has 0 saturated heterocycles. The van der Waals surface area contributed by atoms with Crippen LogP contribution in [0.1, 0.15) is 42.3 Å². The number of nitrogens with one attached hydrogen (secondary N) is 1. The number of rotatable bonds is 6. The number of benzene rings is 3. The highest BCUT2D eigenvalue weighted by Crippen LogP contribution is 2.29. The summed E-state index contributed by atoms with van der Waals surface area (Å²) in [5.41, 5.74) is 2.35. The summed E-state index contributed by atoms with van der Waals surface area (Å²) in [4.78, 5) is 12.9. The maximum absolute atomic E-state index is 12.9. The van der Waals surface area contributed by atoms with Gasteiger partial charge in [-0.3, -0.25) is 9.52 Å². The van der Waals surface area contributed by atoms with Gasteiger partial charge >= 0.3 is 0 Å². The normalized spacial score (nSPS) is 11.8. The Bertz CT molecular complexity index is 1210. The van der Waals surface area contributed by atoms with E-state index in [4.69, 9.17) is 4.74 Å². The Morgan fingerprint density at radius 2 is 1.61 bits per heavy atom. The monoisotopic (exact) mass is 501 g/mol. The van der Waals surface area contributed by atoms with E-state index in [1.165, 1.54) is 19.2 Å². The second-order valence-electron chi connectivity index (χ2n) is 8.14. The molecule has 0 fully saturated rings. The SMILES string of the molecule is COc1ccc(Br)cc1S(=O)(=O)Nc1cccc(C(=O)c2ccc(C(C)(C)C)cc2)c1. The zero-order valence-corrected chi connectivity index (χ0v) is 20.2. The fourth-order valence-corrected chi connectivity index (χ4v) is 4.84. The number of hydrogen-bond donors (Lipinski definition) is 1. The zero-order valence-electron chi connectivity index (χ0n) is 17.8. The number of halogens is 1. The average molecular weight is 502 g/mol. The van der Waals surface area contributed by atoms with Crippen molar-refractivity contribution in [3.63, 3.8) is 0 Å². The summed E-state index contributed by atoms with van der Waals surface area (Å²) in [5.74, 6) is 0.0448. The van der Waals surface area contributed by atoms with Crippen LogP contribution in [0.25, 0.3) is 0 Å². The van der Waals surface area contributed by atoms with Crippen LogP contribution in [0.3, 0.4) is 0 Å². The molecule has 0 bridgehead atoms. The van der Waals surface area contributed by atoms with E-state index in [1.807, 2.05) is 12.1 Å². The average Bonchev–Trinajstić information content (AvgIpc) is 2.72. The van der Waals surface area contributed by atoms with Crippen molar-refractivity contribution in [2.45, 2.75) is 31.1 Å². The molecule has 0 radical (unpaired) electrons. The third-order valence-corrected chi connectivity index (χ3v) is 6.70. The molecule has 3 aromatic carbocycles. The standard InChI is InChI=1S/C24H24BrNO4S/c1-24(2,3)18-10-8-16(9-11-18)23(27)17-6-5-7-20(14-17)26-31(28,29)22-15-19(25)12-13-21(22)30-4/h5-15,26H,1-4H3.